The van der Waals surface area contributed by atoms with Crippen LogP contribution in [0.1, 0.15) is 25.0 Å². The van der Waals surface area contributed by atoms with Gasteiger partial charge in [0.15, 0.2) is 0 Å². The number of aliphatic hydroxyl groups is 1. The van der Waals surface area contributed by atoms with Crippen molar-refractivity contribution < 1.29 is 19.3 Å². The first kappa shape index (κ1) is 25.2. The monoisotopic (exact) mass is 423 g/mol. The molecule has 1 unspecified atom stereocenters. The van der Waals surface area contributed by atoms with Crippen LogP contribution in [-0.4, -0.2) is 50.2 Å². The van der Waals surface area contributed by atoms with Gasteiger partial charge < -0.3 is 24.6 Å². The molecule has 5 nitrogen and oxygen atoms in total. The molecular weight excluding hydrogens is 390 g/mol. The Kier molecular flexibility index (Phi) is 12.4. The number of hydrogen-bond acceptors (Lipinski definition) is 5. The van der Waals surface area contributed by atoms with Crippen molar-refractivity contribution in [1.29, 1.82) is 0 Å². The van der Waals surface area contributed by atoms with Crippen molar-refractivity contribution in [3.8, 4) is 11.5 Å². The lowest BCUT2D eigenvalue weighted by atomic mass is 10.2. The fraction of sp³-hybridized carbons (Fsp3) is 0.478. The zero-order valence-electron chi connectivity index (χ0n) is 17.6. The van der Waals surface area contributed by atoms with Gasteiger partial charge in [-0.2, -0.15) is 0 Å². The van der Waals surface area contributed by atoms with Gasteiger partial charge >= 0.3 is 0 Å². The second-order valence-electron chi connectivity index (χ2n) is 7.15. The summed E-state index contributed by atoms with van der Waals surface area (Å²) in [6.45, 7) is 8.59. The molecule has 0 saturated heterocycles. The number of rotatable bonds is 13. The zero-order valence-corrected chi connectivity index (χ0v) is 18.4. The first-order valence-corrected chi connectivity index (χ1v) is 9.94. The fourth-order valence-corrected chi connectivity index (χ4v) is 2.65. The van der Waals surface area contributed by atoms with Crippen molar-refractivity contribution in [2.45, 2.75) is 39.3 Å². The molecule has 162 valence electrons. The second kappa shape index (κ2) is 14.2. The van der Waals surface area contributed by atoms with Crippen molar-refractivity contribution >= 4 is 12.4 Å². The predicted octanol–water partition coefficient (Wildman–Crippen LogP) is 3.79. The molecule has 0 aliphatic carbocycles. The lowest BCUT2D eigenvalue weighted by Gasteiger charge is -2.16. The summed E-state index contributed by atoms with van der Waals surface area (Å²) in [6.07, 6.45) is 0.371. The van der Waals surface area contributed by atoms with Gasteiger partial charge in [0, 0.05) is 12.6 Å². The Morgan fingerprint density at radius 3 is 2.41 bits per heavy atom. The second-order valence-corrected chi connectivity index (χ2v) is 7.15. The van der Waals surface area contributed by atoms with Crippen LogP contribution < -0.4 is 14.8 Å². The summed E-state index contributed by atoms with van der Waals surface area (Å²) in [5, 5.41) is 13.1. The normalized spacial score (nSPS) is 11.8. The number of hydrogen-bond donors (Lipinski definition) is 2. The van der Waals surface area contributed by atoms with Crippen molar-refractivity contribution in [3.63, 3.8) is 0 Å². The molecule has 29 heavy (non-hydrogen) atoms. The lowest BCUT2D eigenvalue weighted by molar-refractivity contribution is 0.101. The topological polar surface area (TPSA) is 60.0 Å². The van der Waals surface area contributed by atoms with Gasteiger partial charge in [-0.3, -0.25) is 0 Å². The van der Waals surface area contributed by atoms with Gasteiger partial charge in [0.1, 0.15) is 30.8 Å². The highest BCUT2D eigenvalue weighted by molar-refractivity contribution is 5.85. The van der Waals surface area contributed by atoms with E-state index in [1.54, 1.807) is 0 Å². The first-order valence-electron chi connectivity index (χ1n) is 9.94. The van der Waals surface area contributed by atoms with Crippen LogP contribution >= 0.6 is 12.4 Å². The molecule has 2 aromatic carbocycles. The average Bonchev–Trinajstić information content (AvgIpc) is 2.69. The number of nitrogens with one attached hydrogen (secondary N) is 1. The minimum absolute atomic E-state index is 0. The molecule has 0 fully saturated rings. The maximum atomic E-state index is 9.94. The number of benzene rings is 2. The third-order valence-corrected chi connectivity index (χ3v) is 4.21. The van der Waals surface area contributed by atoms with Crippen LogP contribution in [-0.2, 0) is 11.2 Å². The maximum Gasteiger partial charge on any atom is 0.122 e. The molecule has 0 heterocycles. The number of halogens is 1. The molecular formula is C23H34ClNO4. The van der Waals surface area contributed by atoms with E-state index in [-0.39, 0.29) is 19.0 Å². The molecule has 0 aliphatic rings. The third-order valence-electron chi connectivity index (χ3n) is 4.21. The van der Waals surface area contributed by atoms with E-state index in [0.29, 0.717) is 32.4 Å². The van der Waals surface area contributed by atoms with Crippen LogP contribution in [0.2, 0.25) is 0 Å². The van der Waals surface area contributed by atoms with Gasteiger partial charge in [-0.05, 0) is 42.7 Å². The molecule has 0 bridgehead atoms. The lowest BCUT2D eigenvalue weighted by Crippen LogP contribution is -2.35. The van der Waals surface area contributed by atoms with E-state index in [1.807, 2.05) is 57.2 Å². The molecule has 0 amide bonds. The van der Waals surface area contributed by atoms with Crippen LogP contribution in [0.5, 0.6) is 11.5 Å². The molecule has 0 radical (unpaired) electrons. The SMILES string of the molecule is Cc1cc(OCCOCCc2ccccc2)ccc1OCC(O)CNC(C)C.Cl. The third kappa shape index (κ3) is 10.5. The van der Waals surface area contributed by atoms with E-state index >= 15 is 0 Å². The van der Waals surface area contributed by atoms with Crippen molar-refractivity contribution in [2.24, 2.45) is 0 Å². The van der Waals surface area contributed by atoms with Gasteiger partial charge in [-0.1, -0.05) is 44.2 Å². The summed E-state index contributed by atoms with van der Waals surface area (Å²) < 4.78 is 17.1. The molecule has 2 rings (SSSR count). The summed E-state index contributed by atoms with van der Waals surface area (Å²) in [7, 11) is 0. The largest absolute Gasteiger partial charge is 0.491 e. The van der Waals surface area contributed by atoms with E-state index in [9.17, 15) is 5.11 Å². The summed E-state index contributed by atoms with van der Waals surface area (Å²) in [6, 6.07) is 16.3. The van der Waals surface area contributed by atoms with Gasteiger partial charge in [-0.15, -0.1) is 12.4 Å². The Balaban J connectivity index is 0.00000420. The van der Waals surface area contributed by atoms with Gasteiger partial charge in [0.2, 0.25) is 0 Å². The zero-order chi connectivity index (χ0) is 20.2. The minimum atomic E-state index is -0.536. The summed E-state index contributed by atoms with van der Waals surface area (Å²) in [5.74, 6) is 1.55. The van der Waals surface area contributed by atoms with E-state index in [1.165, 1.54) is 5.56 Å². The molecule has 0 saturated carbocycles. The van der Waals surface area contributed by atoms with Gasteiger partial charge in [0.05, 0.1) is 13.2 Å². The molecule has 0 spiro atoms. The molecule has 1 atom stereocenters. The molecule has 6 heteroatoms. The molecule has 2 aromatic rings. The van der Waals surface area contributed by atoms with E-state index < -0.39 is 6.10 Å². The van der Waals surface area contributed by atoms with E-state index in [0.717, 1.165) is 23.5 Å². The van der Waals surface area contributed by atoms with Gasteiger partial charge in [-0.25, -0.2) is 0 Å². The standard InChI is InChI=1S/C23H33NO4.ClH/c1-18(2)24-16-21(25)17-28-23-10-9-22(15-19(23)3)27-14-13-26-12-11-20-7-5-4-6-8-20;/h4-10,15,18,21,24-25H,11-14,16-17H2,1-3H3;1H. The fourth-order valence-electron chi connectivity index (χ4n) is 2.65. The highest BCUT2D eigenvalue weighted by Gasteiger charge is 2.08. The van der Waals surface area contributed by atoms with Crippen LogP contribution in [0.25, 0.3) is 0 Å². The Labute approximate surface area is 180 Å². The smallest absolute Gasteiger partial charge is 0.122 e. The highest BCUT2D eigenvalue weighted by atomic mass is 35.5. The first-order chi connectivity index (χ1) is 13.5. The van der Waals surface area contributed by atoms with Crippen LogP contribution in [0.3, 0.4) is 0 Å². The molecule has 0 aromatic heterocycles. The highest BCUT2D eigenvalue weighted by Crippen LogP contribution is 2.23. The van der Waals surface area contributed by atoms with Crippen LogP contribution in [0, 0.1) is 6.92 Å². The van der Waals surface area contributed by atoms with Gasteiger partial charge in [0.25, 0.3) is 0 Å². The minimum Gasteiger partial charge on any atom is -0.491 e. The van der Waals surface area contributed by atoms with Crippen LogP contribution in [0.15, 0.2) is 48.5 Å². The molecule has 2 N–H and O–H groups in total. The predicted molar refractivity (Wildman–Crippen MR) is 120 cm³/mol. The Morgan fingerprint density at radius 2 is 1.72 bits per heavy atom. The van der Waals surface area contributed by atoms with Crippen molar-refractivity contribution in [3.05, 3.63) is 59.7 Å². The quantitative estimate of drug-likeness (QED) is 0.480. The van der Waals surface area contributed by atoms with Crippen molar-refractivity contribution in [1.82, 2.24) is 5.32 Å². The van der Waals surface area contributed by atoms with Crippen molar-refractivity contribution in [2.75, 3.05) is 33.0 Å². The number of aryl methyl sites for hydroxylation is 1. The van der Waals surface area contributed by atoms with Crippen LogP contribution in [0.4, 0.5) is 0 Å². The number of aliphatic hydroxyl groups excluding tert-OH is 1. The summed E-state index contributed by atoms with van der Waals surface area (Å²) in [5.41, 5.74) is 2.26. The maximum absolute atomic E-state index is 9.94. The Morgan fingerprint density at radius 1 is 0.966 bits per heavy atom. The van der Waals surface area contributed by atoms with E-state index in [4.69, 9.17) is 14.2 Å². The Bertz CT molecular complexity index is 682. The Hall–Kier alpha value is -1.79. The summed E-state index contributed by atoms with van der Waals surface area (Å²) >= 11 is 0. The van der Waals surface area contributed by atoms with E-state index in [2.05, 4.69) is 17.4 Å². The summed E-state index contributed by atoms with van der Waals surface area (Å²) in [4.78, 5) is 0. The average molecular weight is 424 g/mol. The molecule has 0 aliphatic heterocycles. The number of ether oxygens (including phenoxy) is 3.